The lowest BCUT2D eigenvalue weighted by Crippen LogP contribution is -2.32. The molecule has 0 spiro atoms. The molecule has 6 heteroatoms. The molecule has 0 saturated carbocycles. The van der Waals surface area contributed by atoms with Crippen molar-refractivity contribution in [2.45, 2.75) is 13.8 Å². The molecule has 0 fully saturated rings. The Morgan fingerprint density at radius 2 is 2.24 bits per heavy atom. The summed E-state index contributed by atoms with van der Waals surface area (Å²) in [6, 6.07) is 1.12. The largest absolute Gasteiger partial charge is 0.475 e. The molecule has 0 aliphatic heterocycles. The van der Waals surface area contributed by atoms with E-state index in [-0.39, 0.29) is 17.4 Å². The van der Waals surface area contributed by atoms with Crippen molar-refractivity contribution in [3.63, 3.8) is 0 Å². The number of amides is 1. The van der Waals surface area contributed by atoms with E-state index in [1.165, 1.54) is 4.90 Å². The van der Waals surface area contributed by atoms with Crippen molar-refractivity contribution in [3.8, 4) is 0 Å². The summed E-state index contributed by atoms with van der Waals surface area (Å²) in [4.78, 5) is 24.0. The van der Waals surface area contributed by atoms with E-state index in [1.54, 1.807) is 6.92 Å². The van der Waals surface area contributed by atoms with E-state index in [0.29, 0.717) is 13.1 Å². The van der Waals surface area contributed by atoms with Crippen LogP contribution >= 0.6 is 0 Å². The number of aromatic carboxylic acids is 1. The van der Waals surface area contributed by atoms with Crippen LogP contribution in [0, 0.1) is 0 Å². The van der Waals surface area contributed by atoms with Crippen LogP contribution in [-0.4, -0.2) is 40.1 Å². The highest BCUT2D eigenvalue weighted by Gasteiger charge is 2.20. The fourth-order valence-corrected chi connectivity index (χ4v) is 1.29. The van der Waals surface area contributed by atoms with Crippen molar-refractivity contribution in [2.24, 2.45) is 0 Å². The van der Waals surface area contributed by atoms with Crippen molar-refractivity contribution in [3.05, 3.63) is 29.7 Å². The number of carbonyl (C=O) groups excluding carboxylic acids is 1. The van der Waals surface area contributed by atoms with Gasteiger partial charge in [-0.05, 0) is 13.8 Å². The minimum Gasteiger partial charge on any atom is -0.475 e. The summed E-state index contributed by atoms with van der Waals surface area (Å²) in [6.45, 7) is 8.24. The van der Waals surface area contributed by atoms with Gasteiger partial charge in [0.15, 0.2) is 5.69 Å². The number of likely N-dealkylation sites (N-methyl/N-ethyl adjacent to an activating group) is 1. The second kappa shape index (κ2) is 5.29. The third-order valence-corrected chi connectivity index (χ3v) is 2.07. The fraction of sp³-hybridized carbons (Fsp3) is 0.364. The highest BCUT2D eigenvalue weighted by molar-refractivity contribution is 5.94. The minimum absolute atomic E-state index is 0.00880. The Morgan fingerprint density at radius 1 is 1.59 bits per heavy atom. The first kappa shape index (κ1) is 13.0. The topological polar surface area (TPSA) is 83.6 Å². The van der Waals surface area contributed by atoms with Gasteiger partial charge in [0.2, 0.25) is 5.76 Å². The summed E-state index contributed by atoms with van der Waals surface area (Å²) < 4.78 is 4.53. The molecule has 1 heterocycles. The molecule has 17 heavy (non-hydrogen) atoms. The summed E-state index contributed by atoms with van der Waals surface area (Å²) in [5, 5.41) is 12.1. The first-order valence-electron chi connectivity index (χ1n) is 5.09. The van der Waals surface area contributed by atoms with Crippen molar-refractivity contribution in [1.29, 1.82) is 0 Å². The van der Waals surface area contributed by atoms with Crippen LogP contribution in [0.25, 0.3) is 0 Å². The van der Waals surface area contributed by atoms with Crippen molar-refractivity contribution in [2.75, 3.05) is 13.1 Å². The van der Waals surface area contributed by atoms with Gasteiger partial charge in [-0.3, -0.25) is 4.79 Å². The SMILES string of the molecule is C=C(C)CN(CC)C(=O)c1cc(C(=O)O)on1. The van der Waals surface area contributed by atoms with E-state index in [9.17, 15) is 9.59 Å². The van der Waals surface area contributed by atoms with Gasteiger partial charge in [-0.1, -0.05) is 17.3 Å². The average molecular weight is 238 g/mol. The van der Waals surface area contributed by atoms with Crippen LogP contribution in [0.1, 0.15) is 34.9 Å². The Labute approximate surface area is 98.5 Å². The molecule has 0 atom stereocenters. The number of hydrogen-bond donors (Lipinski definition) is 1. The van der Waals surface area contributed by atoms with Crippen molar-refractivity contribution >= 4 is 11.9 Å². The first-order valence-corrected chi connectivity index (χ1v) is 5.09. The Bertz CT molecular complexity index is 450. The highest BCUT2D eigenvalue weighted by atomic mass is 16.5. The summed E-state index contributed by atoms with van der Waals surface area (Å²) >= 11 is 0. The van der Waals surface area contributed by atoms with E-state index < -0.39 is 5.97 Å². The maximum absolute atomic E-state index is 11.9. The molecule has 0 unspecified atom stereocenters. The van der Waals surface area contributed by atoms with Gasteiger partial charge in [-0.15, -0.1) is 0 Å². The molecule has 1 rings (SSSR count). The summed E-state index contributed by atoms with van der Waals surface area (Å²) in [5.41, 5.74) is 0.827. The van der Waals surface area contributed by atoms with Gasteiger partial charge in [0, 0.05) is 19.2 Å². The zero-order valence-corrected chi connectivity index (χ0v) is 9.77. The van der Waals surface area contributed by atoms with Gasteiger partial charge >= 0.3 is 5.97 Å². The van der Waals surface area contributed by atoms with Gasteiger partial charge in [-0.2, -0.15) is 0 Å². The van der Waals surface area contributed by atoms with Gasteiger partial charge in [0.1, 0.15) is 0 Å². The number of rotatable bonds is 5. The molecule has 1 aromatic heterocycles. The third-order valence-electron chi connectivity index (χ3n) is 2.07. The molecule has 0 radical (unpaired) electrons. The lowest BCUT2D eigenvalue weighted by Gasteiger charge is -2.19. The van der Waals surface area contributed by atoms with Crippen LogP contribution in [0.2, 0.25) is 0 Å². The van der Waals surface area contributed by atoms with E-state index >= 15 is 0 Å². The highest BCUT2D eigenvalue weighted by Crippen LogP contribution is 2.08. The van der Waals surface area contributed by atoms with Crippen LogP contribution in [0.3, 0.4) is 0 Å². The smallest absolute Gasteiger partial charge is 0.374 e. The molecular formula is C11H14N2O4. The molecule has 1 N–H and O–H groups in total. The second-order valence-electron chi connectivity index (χ2n) is 3.66. The molecule has 0 aromatic carbocycles. The predicted molar refractivity (Wildman–Crippen MR) is 59.9 cm³/mol. The number of carboxylic acids is 1. The summed E-state index contributed by atoms with van der Waals surface area (Å²) in [5.74, 6) is -1.97. The zero-order chi connectivity index (χ0) is 13.0. The number of nitrogens with zero attached hydrogens (tertiary/aromatic N) is 2. The maximum Gasteiger partial charge on any atom is 0.374 e. The lowest BCUT2D eigenvalue weighted by molar-refractivity contribution is 0.0649. The first-order chi connectivity index (χ1) is 7.95. The predicted octanol–water partition coefficient (Wildman–Crippen LogP) is 1.41. The quantitative estimate of drug-likeness (QED) is 0.784. The van der Waals surface area contributed by atoms with E-state index in [0.717, 1.165) is 11.6 Å². The number of aromatic nitrogens is 1. The molecule has 0 aliphatic rings. The molecule has 0 aliphatic carbocycles. The molecule has 0 bridgehead atoms. The molecule has 1 amide bonds. The third kappa shape index (κ3) is 3.17. The van der Waals surface area contributed by atoms with Crippen LogP contribution in [0.15, 0.2) is 22.7 Å². The van der Waals surface area contributed by atoms with E-state index in [4.69, 9.17) is 5.11 Å². The molecule has 92 valence electrons. The van der Waals surface area contributed by atoms with Crippen molar-refractivity contribution < 1.29 is 19.2 Å². The normalized spacial score (nSPS) is 10.0. The molecular weight excluding hydrogens is 224 g/mol. The van der Waals surface area contributed by atoms with Crippen LogP contribution in [0.4, 0.5) is 0 Å². The Kier molecular flexibility index (Phi) is 4.03. The van der Waals surface area contributed by atoms with Crippen molar-refractivity contribution in [1.82, 2.24) is 10.1 Å². The number of carboxylic acid groups (broad SMARTS) is 1. The standard InChI is InChI=1S/C11H14N2O4/c1-4-13(6-7(2)3)10(14)8-5-9(11(15)16)17-12-8/h5H,2,4,6H2,1,3H3,(H,15,16). The van der Waals surface area contributed by atoms with E-state index in [2.05, 4.69) is 16.3 Å². The van der Waals surface area contributed by atoms with Gasteiger partial charge in [0.05, 0.1) is 0 Å². The van der Waals surface area contributed by atoms with Crippen LogP contribution in [0.5, 0.6) is 0 Å². The zero-order valence-electron chi connectivity index (χ0n) is 9.77. The Balaban J connectivity index is 2.86. The fourth-order valence-electron chi connectivity index (χ4n) is 1.29. The Hall–Kier alpha value is -2.11. The van der Waals surface area contributed by atoms with Gasteiger partial charge in [-0.25, -0.2) is 4.79 Å². The number of carbonyl (C=O) groups is 2. The summed E-state index contributed by atoms with van der Waals surface area (Å²) in [7, 11) is 0. The number of hydrogen-bond acceptors (Lipinski definition) is 4. The van der Waals surface area contributed by atoms with Gasteiger partial charge in [0.25, 0.3) is 5.91 Å². The van der Waals surface area contributed by atoms with E-state index in [1.807, 2.05) is 6.92 Å². The molecule has 6 nitrogen and oxygen atoms in total. The average Bonchev–Trinajstić information content (AvgIpc) is 2.73. The minimum atomic E-state index is -1.25. The lowest BCUT2D eigenvalue weighted by atomic mass is 10.2. The molecule has 0 saturated heterocycles. The van der Waals surface area contributed by atoms with Gasteiger partial charge < -0.3 is 14.5 Å². The maximum atomic E-state index is 11.9. The second-order valence-corrected chi connectivity index (χ2v) is 3.66. The Morgan fingerprint density at radius 3 is 2.65 bits per heavy atom. The summed E-state index contributed by atoms with van der Waals surface area (Å²) in [6.07, 6.45) is 0. The monoisotopic (exact) mass is 238 g/mol. The van der Waals surface area contributed by atoms with Crippen LogP contribution in [-0.2, 0) is 0 Å². The molecule has 1 aromatic rings. The van der Waals surface area contributed by atoms with Crippen LogP contribution < -0.4 is 0 Å².